The van der Waals surface area contributed by atoms with E-state index in [0.29, 0.717) is 11.8 Å². The molecule has 7 heteroatoms. The second-order valence-corrected chi connectivity index (χ2v) is 9.31. The predicted octanol–water partition coefficient (Wildman–Crippen LogP) is 2.55. The van der Waals surface area contributed by atoms with Crippen LogP contribution in [-0.4, -0.2) is 33.9 Å². The monoisotopic (exact) mass is 421 g/mol. The number of hydrogen-bond donors (Lipinski definition) is 0. The molecule has 0 amide bonds. The SMILES string of the molecule is [ClH+][Ti][ClH+].[OH2+]C1CCCC2CCC[N-]C12.[OH2+]c1cccc2cccnc12. The summed E-state index contributed by atoms with van der Waals surface area (Å²) in [4.78, 5) is 4.09. The molecule has 0 spiro atoms. The van der Waals surface area contributed by atoms with Crippen LogP contribution in [0, 0.1) is 24.5 Å². The Hall–Kier alpha value is -0.356. The number of nitrogens with zero attached hydrogens (tertiary/aromatic N) is 2. The Morgan fingerprint density at radius 3 is 2.52 bits per heavy atom. The van der Waals surface area contributed by atoms with Gasteiger partial charge < -0.3 is 15.5 Å². The van der Waals surface area contributed by atoms with E-state index < -0.39 is 0 Å². The van der Waals surface area contributed by atoms with Crippen molar-refractivity contribution in [2.24, 2.45) is 5.92 Å². The molecule has 1 aliphatic heterocycles. The van der Waals surface area contributed by atoms with Gasteiger partial charge in [0, 0.05) is 24.1 Å². The summed E-state index contributed by atoms with van der Waals surface area (Å²) in [6.45, 7) is 1.02. The average molecular weight is 422 g/mol. The molecule has 25 heavy (non-hydrogen) atoms. The number of aromatic nitrogens is 1. The second-order valence-electron chi connectivity index (χ2n) is 6.30. The zero-order chi connectivity index (χ0) is 18.1. The maximum atomic E-state index is 7.80. The van der Waals surface area contributed by atoms with Crippen LogP contribution in [0.25, 0.3) is 16.2 Å². The van der Waals surface area contributed by atoms with Gasteiger partial charge in [0.25, 0.3) is 5.75 Å². The van der Waals surface area contributed by atoms with E-state index in [1.165, 1.54) is 25.7 Å². The molecule has 1 aromatic carbocycles. The number of piperidine rings is 1. The van der Waals surface area contributed by atoms with Crippen molar-refractivity contribution in [3.05, 3.63) is 41.8 Å². The van der Waals surface area contributed by atoms with Gasteiger partial charge in [-0.05, 0) is 12.5 Å². The van der Waals surface area contributed by atoms with Crippen molar-refractivity contribution in [3.8, 4) is 5.75 Å². The number of hydrogen-bond acceptors (Lipinski definition) is 1. The molecule has 1 saturated carbocycles. The first-order valence-corrected chi connectivity index (χ1v) is 13.2. The second kappa shape index (κ2) is 11.4. The third-order valence-corrected chi connectivity index (χ3v) is 4.69. The van der Waals surface area contributed by atoms with Crippen molar-refractivity contribution in [2.45, 2.75) is 44.2 Å². The minimum atomic E-state index is -0.333. The van der Waals surface area contributed by atoms with Crippen molar-refractivity contribution < 1.29 is 45.9 Å². The van der Waals surface area contributed by atoms with Gasteiger partial charge in [-0.1, -0.05) is 49.4 Å². The number of fused-ring (bicyclic) bond motifs is 2. The molecule has 4 rings (SSSR count). The van der Waals surface area contributed by atoms with Crippen LogP contribution in [0.4, 0.5) is 0 Å². The van der Waals surface area contributed by atoms with E-state index in [1.807, 2.05) is 24.3 Å². The first-order valence-electron chi connectivity index (χ1n) is 8.59. The maximum Gasteiger partial charge on any atom is 0.280 e. The molecule has 1 aromatic heterocycles. The van der Waals surface area contributed by atoms with E-state index in [2.05, 4.69) is 28.9 Å². The quantitative estimate of drug-likeness (QED) is 0.475. The van der Waals surface area contributed by atoms with Gasteiger partial charge in [-0.15, -0.1) is 6.54 Å². The van der Waals surface area contributed by atoms with Crippen molar-refractivity contribution in [3.63, 3.8) is 0 Å². The molecule has 0 bridgehead atoms. The van der Waals surface area contributed by atoms with Crippen molar-refractivity contribution in [2.75, 3.05) is 6.54 Å². The first-order chi connectivity index (χ1) is 12.2. The molecule has 136 valence electrons. The van der Waals surface area contributed by atoms with Gasteiger partial charge >= 0.3 is 35.6 Å². The minimum Gasteiger partial charge on any atom is -0.653 e. The minimum absolute atomic E-state index is 0.133. The molecular weight excluding hydrogens is 395 g/mol. The molecule has 1 saturated heterocycles. The molecule has 4 N–H and O–H groups in total. The van der Waals surface area contributed by atoms with Crippen molar-refractivity contribution in [1.82, 2.24) is 4.98 Å². The third-order valence-electron chi connectivity index (χ3n) is 4.69. The fraction of sp³-hybridized carbons (Fsp3) is 0.500. The Morgan fingerprint density at radius 1 is 1.08 bits per heavy atom. The molecule has 3 unspecified atom stereocenters. The molecule has 2 fully saturated rings. The summed E-state index contributed by atoms with van der Waals surface area (Å²) in [7, 11) is 8.67. The average Bonchev–Trinajstić information content (AvgIpc) is 2.64. The Labute approximate surface area is 165 Å². The van der Waals surface area contributed by atoms with E-state index in [4.69, 9.17) is 10.2 Å². The number of pyridine rings is 1. The summed E-state index contributed by atoms with van der Waals surface area (Å²) >= 11 is -0.333. The van der Waals surface area contributed by atoms with Crippen molar-refractivity contribution in [1.29, 1.82) is 0 Å². The normalized spacial score (nSPS) is 24.8. The first kappa shape index (κ1) is 21.0. The van der Waals surface area contributed by atoms with Crippen molar-refractivity contribution >= 4 is 10.9 Å². The van der Waals surface area contributed by atoms with E-state index >= 15 is 0 Å². The van der Waals surface area contributed by atoms with Gasteiger partial charge in [0.2, 0.25) is 0 Å². The standard InChI is InChI=1S/C9H16NO.C9H7NO.2ClH.Ti/c2*11-8-5-1-3-7-4-2-6-10-9(7)8;;;/h7-9,11H,1-6H2;1-6,11H;2*1H;/q-1;;;;+2/p+2. The molecule has 2 heterocycles. The Bertz CT molecular complexity index is 640. The Balaban J connectivity index is 0.000000156. The molecule has 1 aliphatic carbocycles. The van der Waals surface area contributed by atoms with Gasteiger partial charge in [0.05, 0.1) is 0 Å². The fourth-order valence-corrected chi connectivity index (χ4v) is 3.56. The van der Waals surface area contributed by atoms with Gasteiger partial charge in [-0.2, -0.15) is 0 Å². The Kier molecular flexibility index (Phi) is 9.53. The third kappa shape index (κ3) is 6.39. The zero-order valence-electron chi connectivity index (χ0n) is 14.1. The number of rotatable bonds is 0. The van der Waals surface area contributed by atoms with Crippen LogP contribution in [-0.2, 0) is 17.0 Å². The Morgan fingerprint density at radius 2 is 1.80 bits per heavy atom. The van der Waals surface area contributed by atoms with Crippen LogP contribution in [0.5, 0.6) is 5.75 Å². The van der Waals surface area contributed by atoms with Crippen LogP contribution < -0.4 is 0 Å². The zero-order valence-corrected chi connectivity index (χ0v) is 17.3. The summed E-state index contributed by atoms with van der Waals surface area (Å²) in [5, 5.41) is 20.9. The summed E-state index contributed by atoms with van der Waals surface area (Å²) in [5.74, 6) is 1.27. The van der Waals surface area contributed by atoms with Crippen LogP contribution in [0.1, 0.15) is 32.1 Å². The summed E-state index contributed by atoms with van der Waals surface area (Å²) in [5.41, 5.74) is 0.773. The summed E-state index contributed by atoms with van der Waals surface area (Å²) < 4.78 is 0. The number of benzene rings is 1. The van der Waals surface area contributed by atoms with Crippen LogP contribution in [0.2, 0.25) is 0 Å². The molecule has 3 atom stereocenters. The van der Waals surface area contributed by atoms with Crippen LogP contribution in [0.3, 0.4) is 0 Å². The molecular formula is C18H27Cl2N2O2Ti+3. The molecule has 4 nitrogen and oxygen atoms in total. The van der Waals surface area contributed by atoms with Gasteiger partial charge in [-0.3, -0.25) is 0 Å². The van der Waals surface area contributed by atoms with E-state index in [9.17, 15) is 0 Å². The maximum absolute atomic E-state index is 7.80. The fourth-order valence-electron chi connectivity index (χ4n) is 3.56. The topological polar surface area (TPSA) is 72.8 Å². The number of para-hydroxylation sites is 1. The number of halogens is 2. The van der Waals surface area contributed by atoms with Crippen LogP contribution >= 0.6 is 0 Å². The molecule has 0 radical (unpaired) electrons. The van der Waals surface area contributed by atoms with Gasteiger partial charge in [-0.25, -0.2) is 4.98 Å². The predicted molar refractivity (Wildman–Crippen MR) is 93.6 cm³/mol. The van der Waals surface area contributed by atoms with Gasteiger partial charge in [0.15, 0.2) is 5.52 Å². The van der Waals surface area contributed by atoms with E-state index in [-0.39, 0.29) is 23.1 Å². The summed E-state index contributed by atoms with van der Waals surface area (Å²) in [6, 6.07) is 9.82. The molecule has 2 aromatic rings. The van der Waals surface area contributed by atoms with E-state index in [0.717, 1.165) is 29.8 Å². The van der Waals surface area contributed by atoms with E-state index in [1.54, 1.807) is 12.3 Å². The smallest absolute Gasteiger partial charge is 0.280 e. The van der Waals surface area contributed by atoms with Gasteiger partial charge in [0.1, 0.15) is 6.10 Å². The van der Waals surface area contributed by atoms with Crippen LogP contribution in [0.15, 0.2) is 36.5 Å². The molecule has 2 aliphatic rings. The largest absolute Gasteiger partial charge is 0.653 e. The summed E-state index contributed by atoms with van der Waals surface area (Å²) in [6.07, 6.45) is 8.14.